The van der Waals surface area contributed by atoms with E-state index in [1.165, 1.54) is 0 Å². The monoisotopic (exact) mass is 442 g/mol. The Morgan fingerprint density at radius 3 is 2.55 bits per heavy atom. The molecular formula is C24H26N8O. The number of fused-ring (bicyclic) bond motifs is 1. The summed E-state index contributed by atoms with van der Waals surface area (Å²) in [6.07, 6.45) is 8.46. The quantitative estimate of drug-likeness (QED) is 0.506. The van der Waals surface area contributed by atoms with Crippen LogP contribution in [0.5, 0.6) is 0 Å². The average Bonchev–Trinajstić information content (AvgIpc) is 3.29. The van der Waals surface area contributed by atoms with Gasteiger partial charge in [0.05, 0.1) is 23.1 Å². The van der Waals surface area contributed by atoms with Crippen LogP contribution in [0.1, 0.15) is 22.2 Å². The molecule has 1 unspecified atom stereocenters. The van der Waals surface area contributed by atoms with Gasteiger partial charge in [0.25, 0.3) is 5.91 Å². The molecule has 4 aromatic rings. The topological polar surface area (TPSA) is 92.1 Å². The molecule has 33 heavy (non-hydrogen) atoms. The number of piperazine rings is 1. The van der Waals surface area contributed by atoms with Crippen molar-refractivity contribution in [1.82, 2.24) is 39.8 Å². The summed E-state index contributed by atoms with van der Waals surface area (Å²) in [4.78, 5) is 31.1. The molecule has 1 N–H and O–H groups in total. The van der Waals surface area contributed by atoms with E-state index in [-0.39, 0.29) is 12.1 Å². The highest BCUT2D eigenvalue weighted by Gasteiger charge is 2.27. The van der Waals surface area contributed by atoms with Crippen LogP contribution in [0.4, 0.5) is 0 Å². The second kappa shape index (κ2) is 9.05. The van der Waals surface area contributed by atoms with Gasteiger partial charge in [0, 0.05) is 74.5 Å². The minimum atomic E-state index is -0.354. The van der Waals surface area contributed by atoms with Crippen LogP contribution in [0.15, 0.2) is 61.3 Å². The van der Waals surface area contributed by atoms with Gasteiger partial charge >= 0.3 is 0 Å². The lowest BCUT2D eigenvalue weighted by atomic mass is 10.1. The van der Waals surface area contributed by atoms with Gasteiger partial charge < -0.3 is 10.2 Å². The van der Waals surface area contributed by atoms with Crippen LogP contribution in [0.25, 0.3) is 22.2 Å². The smallest absolute Gasteiger partial charge is 0.252 e. The summed E-state index contributed by atoms with van der Waals surface area (Å²) < 4.78 is 1.76. The molecule has 0 bridgehead atoms. The summed E-state index contributed by atoms with van der Waals surface area (Å²) in [6.45, 7) is 3.53. The van der Waals surface area contributed by atoms with Crippen molar-refractivity contribution in [3.8, 4) is 11.3 Å². The van der Waals surface area contributed by atoms with Gasteiger partial charge in [0.1, 0.15) is 6.17 Å². The number of carbonyl (C=O) groups excluding carboxylic acids is 1. The van der Waals surface area contributed by atoms with Crippen LogP contribution in [0.3, 0.4) is 0 Å². The summed E-state index contributed by atoms with van der Waals surface area (Å²) in [7, 11) is 4.00. The molecule has 0 aliphatic carbocycles. The van der Waals surface area contributed by atoms with Crippen molar-refractivity contribution in [2.45, 2.75) is 6.17 Å². The van der Waals surface area contributed by atoms with Crippen LogP contribution >= 0.6 is 0 Å². The zero-order chi connectivity index (χ0) is 22.8. The number of hydrogen-bond acceptors (Lipinski definition) is 7. The first kappa shape index (κ1) is 21.2. The molecule has 1 fully saturated rings. The van der Waals surface area contributed by atoms with Crippen molar-refractivity contribution in [3.63, 3.8) is 0 Å². The first-order valence-electron chi connectivity index (χ1n) is 11.0. The van der Waals surface area contributed by atoms with Gasteiger partial charge in [0.15, 0.2) is 0 Å². The van der Waals surface area contributed by atoms with E-state index in [4.69, 9.17) is 9.97 Å². The molecule has 5 heterocycles. The number of pyridine rings is 3. The first-order chi connectivity index (χ1) is 16.1. The molecule has 1 saturated heterocycles. The van der Waals surface area contributed by atoms with E-state index < -0.39 is 0 Å². The van der Waals surface area contributed by atoms with Crippen LogP contribution in [0.2, 0.25) is 0 Å². The molecule has 0 saturated carbocycles. The Bertz CT molecular complexity index is 1260. The molecule has 9 nitrogen and oxygen atoms in total. The Labute approximate surface area is 192 Å². The zero-order valence-electron chi connectivity index (χ0n) is 18.7. The van der Waals surface area contributed by atoms with Crippen molar-refractivity contribution in [1.29, 1.82) is 0 Å². The molecule has 0 spiro atoms. The van der Waals surface area contributed by atoms with E-state index in [2.05, 4.69) is 32.2 Å². The third-order valence-corrected chi connectivity index (χ3v) is 5.99. The lowest BCUT2D eigenvalue weighted by molar-refractivity contribution is 0.0709. The molecule has 1 aliphatic rings. The van der Waals surface area contributed by atoms with Gasteiger partial charge in [-0.25, -0.2) is 4.98 Å². The Kier molecular flexibility index (Phi) is 5.80. The maximum absolute atomic E-state index is 13.0. The van der Waals surface area contributed by atoms with Crippen LogP contribution in [-0.4, -0.2) is 73.7 Å². The molecule has 1 atom stereocenters. The number of amides is 1. The number of nitrogens with zero attached hydrogens (tertiary/aromatic N) is 7. The number of nitrogens with one attached hydrogen (secondary N) is 1. The molecule has 1 aliphatic heterocycles. The maximum Gasteiger partial charge on any atom is 0.252 e. The van der Waals surface area contributed by atoms with Gasteiger partial charge in [-0.3, -0.25) is 24.3 Å². The summed E-state index contributed by atoms with van der Waals surface area (Å²) in [5, 5.41) is 8.38. The highest BCUT2D eigenvalue weighted by atomic mass is 16.1. The zero-order valence-corrected chi connectivity index (χ0v) is 18.7. The number of aryl methyl sites for hydroxylation is 1. The lowest BCUT2D eigenvalue weighted by Gasteiger charge is -2.37. The second-order valence-corrected chi connectivity index (χ2v) is 8.35. The molecular weight excluding hydrogens is 416 g/mol. The number of hydrogen-bond donors (Lipinski definition) is 1. The van der Waals surface area contributed by atoms with E-state index >= 15 is 0 Å². The fraction of sp³-hybridized carbons (Fsp3) is 0.292. The second-order valence-electron chi connectivity index (χ2n) is 8.35. The summed E-state index contributed by atoms with van der Waals surface area (Å²) in [6, 6.07) is 9.40. The van der Waals surface area contributed by atoms with Gasteiger partial charge in [-0.1, -0.05) is 0 Å². The highest BCUT2D eigenvalue weighted by Crippen LogP contribution is 2.24. The number of aromatic nitrogens is 5. The van der Waals surface area contributed by atoms with Crippen molar-refractivity contribution in [3.05, 3.63) is 72.6 Å². The lowest BCUT2D eigenvalue weighted by Crippen LogP contribution is -2.50. The van der Waals surface area contributed by atoms with Crippen LogP contribution in [0, 0.1) is 0 Å². The number of rotatable bonds is 5. The largest absolute Gasteiger partial charge is 0.331 e. The predicted molar refractivity (Wildman–Crippen MR) is 125 cm³/mol. The van der Waals surface area contributed by atoms with E-state index in [1.54, 1.807) is 35.4 Å². The molecule has 1 amide bonds. The molecule has 4 aromatic heterocycles. The van der Waals surface area contributed by atoms with Gasteiger partial charge in [0.2, 0.25) is 0 Å². The highest BCUT2D eigenvalue weighted by molar-refractivity contribution is 5.94. The molecule has 0 radical (unpaired) electrons. The summed E-state index contributed by atoms with van der Waals surface area (Å²) in [5.41, 5.74) is 3.98. The van der Waals surface area contributed by atoms with E-state index in [0.717, 1.165) is 54.0 Å². The van der Waals surface area contributed by atoms with E-state index in [0.29, 0.717) is 5.56 Å². The molecule has 168 valence electrons. The maximum atomic E-state index is 13.0. The number of carbonyl (C=O) groups is 1. The third-order valence-electron chi connectivity index (χ3n) is 5.99. The molecule has 9 heteroatoms. The van der Waals surface area contributed by atoms with Crippen LogP contribution < -0.4 is 5.32 Å². The fourth-order valence-electron chi connectivity index (χ4n) is 4.04. The van der Waals surface area contributed by atoms with Crippen molar-refractivity contribution >= 4 is 16.8 Å². The van der Waals surface area contributed by atoms with Crippen molar-refractivity contribution in [2.24, 2.45) is 7.05 Å². The number of likely N-dealkylation sites (N-methyl/N-ethyl adjacent to an activating group) is 1. The minimum absolute atomic E-state index is 0.153. The van der Waals surface area contributed by atoms with Gasteiger partial charge in [-0.05, 0) is 37.4 Å². The summed E-state index contributed by atoms with van der Waals surface area (Å²) >= 11 is 0. The van der Waals surface area contributed by atoms with E-state index in [9.17, 15) is 4.79 Å². The van der Waals surface area contributed by atoms with Crippen molar-refractivity contribution in [2.75, 3.05) is 33.2 Å². The Morgan fingerprint density at radius 1 is 1.03 bits per heavy atom. The van der Waals surface area contributed by atoms with Crippen molar-refractivity contribution < 1.29 is 4.79 Å². The molecule has 5 rings (SSSR count). The minimum Gasteiger partial charge on any atom is -0.331 e. The van der Waals surface area contributed by atoms with E-state index in [1.807, 2.05) is 37.6 Å². The molecule has 0 aromatic carbocycles. The van der Waals surface area contributed by atoms with Gasteiger partial charge in [-0.2, -0.15) is 5.10 Å². The normalized spacial score (nSPS) is 16.1. The van der Waals surface area contributed by atoms with Crippen LogP contribution in [-0.2, 0) is 7.05 Å². The SMILES string of the molecule is CN1CCN(C(NC(=O)c2ccncc2)c2cc3nc(-c4cnn(C)c4)ccc3cn2)CC1. The predicted octanol–water partition coefficient (Wildman–Crippen LogP) is 2.10. The van der Waals surface area contributed by atoms with Gasteiger partial charge in [-0.15, -0.1) is 0 Å². The average molecular weight is 443 g/mol. The third kappa shape index (κ3) is 4.59. The standard InChI is InChI=1S/C24H26N8O/c1-30-9-11-32(12-10-30)23(29-24(33)17-5-7-25-8-6-17)22-13-21-18(14-26-22)3-4-20(28-21)19-15-27-31(2)16-19/h3-8,13-16,23H,9-12H2,1-2H3,(H,29,33). The Hall–Kier alpha value is -3.69. The Balaban J connectivity index is 1.50. The first-order valence-corrected chi connectivity index (χ1v) is 11.0. The fourth-order valence-corrected chi connectivity index (χ4v) is 4.04. The summed E-state index contributed by atoms with van der Waals surface area (Å²) in [5.74, 6) is -0.153. The Morgan fingerprint density at radius 2 is 1.82 bits per heavy atom.